The fraction of sp³-hybridized carbons (Fsp3) is 0.583. The molecule has 1 saturated heterocycles. The maximum atomic E-state index is 6.58. The van der Waals surface area contributed by atoms with Crippen LogP contribution in [0.4, 0.5) is 11.5 Å². The molecule has 4 rings (SSSR count). The first kappa shape index (κ1) is 23.2. The first-order valence-electron chi connectivity index (χ1n) is 11.7. The molecule has 0 aliphatic carbocycles. The first-order valence-corrected chi connectivity index (χ1v) is 12.0. The van der Waals surface area contributed by atoms with Crippen molar-refractivity contribution in [3.05, 3.63) is 35.0 Å². The Morgan fingerprint density at radius 3 is 2.31 bits per heavy atom. The number of aromatic nitrogens is 2. The zero-order valence-corrected chi connectivity index (χ0v) is 20.1. The van der Waals surface area contributed by atoms with Crippen LogP contribution in [0.2, 0.25) is 5.15 Å². The van der Waals surface area contributed by atoms with Gasteiger partial charge in [-0.2, -0.15) is 0 Å². The molecule has 1 aromatic carbocycles. The van der Waals surface area contributed by atoms with E-state index in [2.05, 4.69) is 51.0 Å². The SMILES string of the molecule is CCOC(CCN1CCc2c(Cl)nc(-c3ccc(N4CCN(C)CC4)cc3)nc21)OCC. The van der Waals surface area contributed by atoms with Crippen molar-refractivity contribution in [2.45, 2.75) is 33.0 Å². The van der Waals surface area contributed by atoms with Gasteiger partial charge in [0.15, 0.2) is 12.1 Å². The van der Waals surface area contributed by atoms with Gasteiger partial charge >= 0.3 is 0 Å². The number of likely N-dealkylation sites (N-methyl/N-ethyl adjacent to an activating group) is 1. The third-order valence-corrected chi connectivity index (χ3v) is 6.51. The minimum atomic E-state index is -0.187. The minimum absolute atomic E-state index is 0.187. The molecule has 0 spiro atoms. The van der Waals surface area contributed by atoms with E-state index in [0.29, 0.717) is 24.2 Å². The number of hydrogen-bond acceptors (Lipinski definition) is 7. The second-order valence-corrected chi connectivity index (χ2v) is 8.70. The van der Waals surface area contributed by atoms with E-state index >= 15 is 0 Å². The second-order valence-electron chi connectivity index (χ2n) is 8.34. The zero-order chi connectivity index (χ0) is 22.5. The smallest absolute Gasteiger partial charge is 0.163 e. The lowest BCUT2D eigenvalue weighted by atomic mass is 10.1. The van der Waals surface area contributed by atoms with Crippen molar-refractivity contribution in [2.24, 2.45) is 0 Å². The summed E-state index contributed by atoms with van der Waals surface area (Å²) in [6, 6.07) is 8.53. The largest absolute Gasteiger partial charge is 0.369 e. The van der Waals surface area contributed by atoms with Gasteiger partial charge in [0, 0.05) is 75.7 Å². The van der Waals surface area contributed by atoms with Gasteiger partial charge in [-0.3, -0.25) is 0 Å². The van der Waals surface area contributed by atoms with Gasteiger partial charge in [0.05, 0.1) is 0 Å². The monoisotopic (exact) mass is 459 g/mol. The molecule has 0 N–H and O–H groups in total. The average molecular weight is 460 g/mol. The Labute approximate surface area is 196 Å². The summed E-state index contributed by atoms with van der Waals surface area (Å²) < 4.78 is 11.4. The van der Waals surface area contributed by atoms with Crippen molar-refractivity contribution in [1.82, 2.24) is 14.9 Å². The quantitative estimate of drug-likeness (QED) is 0.418. The fourth-order valence-electron chi connectivity index (χ4n) is 4.36. The molecule has 3 heterocycles. The lowest BCUT2D eigenvalue weighted by molar-refractivity contribution is -0.138. The molecule has 0 atom stereocenters. The predicted molar refractivity (Wildman–Crippen MR) is 130 cm³/mol. The zero-order valence-electron chi connectivity index (χ0n) is 19.4. The molecule has 174 valence electrons. The maximum absolute atomic E-state index is 6.58. The number of rotatable bonds is 9. The Bertz CT molecular complexity index is 881. The first-order chi connectivity index (χ1) is 15.6. The molecule has 0 radical (unpaired) electrons. The Balaban J connectivity index is 1.48. The number of nitrogens with zero attached hydrogens (tertiary/aromatic N) is 5. The van der Waals surface area contributed by atoms with Crippen LogP contribution in [0, 0.1) is 0 Å². The second kappa shape index (κ2) is 10.8. The summed E-state index contributed by atoms with van der Waals surface area (Å²) in [6.07, 6.45) is 1.47. The standard InChI is InChI=1S/C24H34ClN5O2/c1-4-31-21(32-5-2)11-13-30-12-10-20-22(25)26-23(27-24(20)30)18-6-8-19(9-7-18)29-16-14-28(3)15-17-29/h6-9,21H,4-5,10-17H2,1-3H3. The highest BCUT2D eigenvalue weighted by atomic mass is 35.5. The summed E-state index contributed by atoms with van der Waals surface area (Å²) >= 11 is 6.58. The number of hydrogen-bond donors (Lipinski definition) is 0. The highest BCUT2D eigenvalue weighted by Crippen LogP contribution is 2.33. The van der Waals surface area contributed by atoms with Crippen LogP contribution in [0.3, 0.4) is 0 Å². The normalized spacial score (nSPS) is 16.8. The molecule has 0 bridgehead atoms. The number of fused-ring (bicyclic) bond motifs is 1. The van der Waals surface area contributed by atoms with E-state index in [9.17, 15) is 0 Å². The van der Waals surface area contributed by atoms with E-state index in [4.69, 9.17) is 26.1 Å². The number of piperazine rings is 1. The molecule has 1 fully saturated rings. The predicted octanol–water partition coefficient (Wildman–Crippen LogP) is 3.70. The summed E-state index contributed by atoms with van der Waals surface area (Å²) in [5.41, 5.74) is 3.27. The molecule has 32 heavy (non-hydrogen) atoms. The molecule has 7 nitrogen and oxygen atoms in total. The molecule has 8 heteroatoms. The van der Waals surface area contributed by atoms with Crippen LogP contribution in [0.5, 0.6) is 0 Å². The van der Waals surface area contributed by atoms with Gasteiger partial charge in [-0.05, 0) is 51.6 Å². The Morgan fingerprint density at radius 2 is 1.66 bits per heavy atom. The lowest BCUT2D eigenvalue weighted by Crippen LogP contribution is -2.44. The van der Waals surface area contributed by atoms with Crippen molar-refractivity contribution < 1.29 is 9.47 Å². The highest BCUT2D eigenvalue weighted by molar-refractivity contribution is 6.30. The summed E-state index contributed by atoms with van der Waals surface area (Å²) in [5.74, 6) is 1.62. The fourth-order valence-corrected chi connectivity index (χ4v) is 4.61. The van der Waals surface area contributed by atoms with Crippen LogP contribution < -0.4 is 9.80 Å². The van der Waals surface area contributed by atoms with Crippen LogP contribution in [0.15, 0.2) is 24.3 Å². The number of halogens is 1. The van der Waals surface area contributed by atoms with Crippen molar-refractivity contribution in [3.63, 3.8) is 0 Å². The molecule has 2 aliphatic rings. The van der Waals surface area contributed by atoms with Crippen molar-refractivity contribution in [2.75, 3.05) is 69.3 Å². The number of benzene rings is 1. The summed E-state index contributed by atoms with van der Waals surface area (Å²) in [6.45, 7) is 11.3. The Hall–Kier alpha value is -1.93. The molecule has 0 amide bonds. The summed E-state index contributed by atoms with van der Waals surface area (Å²) in [5, 5.41) is 0.557. The van der Waals surface area contributed by atoms with E-state index in [0.717, 1.165) is 69.1 Å². The van der Waals surface area contributed by atoms with Gasteiger partial charge in [0.1, 0.15) is 11.0 Å². The third kappa shape index (κ3) is 5.34. The van der Waals surface area contributed by atoms with Gasteiger partial charge in [-0.1, -0.05) is 11.6 Å². The molecular weight excluding hydrogens is 426 g/mol. The number of ether oxygens (including phenoxy) is 2. The molecule has 0 unspecified atom stereocenters. The van der Waals surface area contributed by atoms with Crippen LogP contribution >= 0.6 is 11.6 Å². The van der Waals surface area contributed by atoms with E-state index in [1.807, 2.05) is 13.8 Å². The number of anilines is 2. The molecule has 2 aliphatic heterocycles. The van der Waals surface area contributed by atoms with Crippen molar-refractivity contribution >= 4 is 23.1 Å². The van der Waals surface area contributed by atoms with Gasteiger partial charge in [0.25, 0.3) is 0 Å². The van der Waals surface area contributed by atoms with Crippen LogP contribution in [0.1, 0.15) is 25.8 Å². The third-order valence-electron chi connectivity index (χ3n) is 6.20. The van der Waals surface area contributed by atoms with Crippen molar-refractivity contribution in [3.8, 4) is 11.4 Å². The van der Waals surface area contributed by atoms with E-state index < -0.39 is 0 Å². The molecule has 2 aromatic rings. The van der Waals surface area contributed by atoms with Gasteiger partial charge in [-0.25, -0.2) is 9.97 Å². The minimum Gasteiger partial charge on any atom is -0.369 e. The average Bonchev–Trinajstić information content (AvgIpc) is 3.22. The van der Waals surface area contributed by atoms with E-state index in [-0.39, 0.29) is 6.29 Å². The van der Waals surface area contributed by atoms with Crippen LogP contribution in [-0.2, 0) is 15.9 Å². The van der Waals surface area contributed by atoms with Crippen LogP contribution in [-0.4, -0.2) is 80.7 Å². The highest BCUT2D eigenvalue weighted by Gasteiger charge is 2.26. The maximum Gasteiger partial charge on any atom is 0.163 e. The summed E-state index contributed by atoms with van der Waals surface area (Å²) in [4.78, 5) is 16.6. The van der Waals surface area contributed by atoms with Gasteiger partial charge in [-0.15, -0.1) is 0 Å². The topological polar surface area (TPSA) is 54.0 Å². The Morgan fingerprint density at radius 1 is 0.969 bits per heavy atom. The van der Waals surface area contributed by atoms with E-state index in [1.54, 1.807) is 0 Å². The Kier molecular flexibility index (Phi) is 7.84. The van der Waals surface area contributed by atoms with Gasteiger partial charge < -0.3 is 24.2 Å². The van der Waals surface area contributed by atoms with E-state index in [1.165, 1.54) is 5.69 Å². The molecule has 0 saturated carbocycles. The van der Waals surface area contributed by atoms with Crippen LogP contribution in [0.25, 0.3) is 11.4 Å². The van der Waals surface area contributed by atoms with Gasteiger partial charge in [0.2, 0.25) is 0 Å². The van der Waals surface area contributed by atoms with Crippen molar-refractivity contribution in [1.29, 1.82) is 0 Å². The lowest BCUT2D eigenvalue weighted by Gasteiger charge is -2.34. The molecule has 1 aromatic heterocycles. The summed E-state index contributed by atoms with van der Waals surface area (Å²) in [7, 11) is 2.17. The molecular formula is C24H34ClN5O2.